The Kier molecular flexibility index (Phi) is 1.84. The van der Waals surface area contributed by atoms with Gasteiger partial charge in [-0.25, -0.2) is 4.39 Å². The minimum absolute atomic E-state index is 0.130. The Hall–Kier alpha value is -1.31. The summed E-state index contributed by atoms with van der Waals surface area (Å²) >= 11 is 0. The lowest BCUT2D eigenvalue weighted by Gasteiger charge is -2.17. The first kappa shape index (κ1) is 8.96. The van der Waals surface area contributed by atoms with Crippen LogP contribution in [0.1, 0.15) is 24.6 Å². The number of H-pyrrole nitrogens is 1. The quantitative estimate of drug-likeness (QED) is 0.675. The SMILES string of the molecule is CC1CCc2[nH]c3c(F)cccc3c2C1. The van der Waals surface area contributed by atoms with E-state index in [1.54, 1.807) is 6.07 Å². The molecule has 3 rings (SSSR count). The summed E-state index contributed by atoms with van der Waals surface area (Å²) in [5.74, 6) is 0.592. The molecule has 0 saturated heterocycles. The second-order valence-corrected chi connectivity index (χ2v) is 4.59. The highest BCUT2D eigenvalue weighted by molar-refractivity contribution is 5.85. The first-order valence-electron chi connectivity index (χ1n) is 5.53. The number of hydrogen-bond acceptors (Lipinski definition) is 0. The zero-order valence-electron chi connectivity index (χ0n) is 8.81. The molecule has 1 aliphatic carbocycles. The van der Waals surface area contributed by atoms with Gasteiger partial charge in [-0.15, -0.1) is 0 Å². The molecule has 1 N–H and O–H groups in total. The van der Waals surface area contributed by atoms with Crippen LogP contribution in [0.15, 0.2) is 18.2 Å². The van der Waals surface area contributed by atoms with E-state index in [2.05, 4.69) is 11.9 Å². The van der Waals surface area contributed by atoms with Crippen molar-refractivity contribution in [2.24, 2.45) is 5.92 Å². The molecule has 1 unspecified atom stereocenters. The zero-order valence-corrected chi connectivity index (χ0v) is 8.81. The fraction of sp³-hybridized carbons (Fsp3) is 0.385. The molecule has 0 bridgehead atoms. The lowest BCUT2D eigenvalue weighted by Crippen LogP contribution is -2.09. The minimum Gasteiger partial charge on any atom is -0.356 e. The van der Waals surface area contributed by atoms with Crippen LogP contribution in [0.4, 0.5) is 4.39 Å². The molecule has 1 aromatic heterocycles. The maximum atomic E-state index is 13.5. The van der Waals surface area contributed by atoms with Gasteiger partial charge in [-0.05, 0) is 36.8 Å². The number of fused-ring (bicyclic) bond motifs is 3. The molecular formula is C13H14FN. The summed E-state index contributed by atoms with van der Waals surface area (Å²) in [5, 5.41) is 1.08. The smallest absolute Gasteiger partial charge is 0.147 e. The molecule has 0 amide bonds. The van der Waals surface area contributed by atoms with Crippen LogP contribution in [-0.4, -0.2) is 4.98 Å². The average molecular weight is 203 g/mol. The highest BCUT2D eigenvalue weighted by Gasteiger charge is 2.20. The van der Waals surface area contributed by atoms with Crippen molar-refractivity contribution in [1.82, 2.24) is 4.98 Å². The Labute approximate surface area is 88.3 Å². The molecular weight excluding hydrogens is 189 g/mol. The molecule has 1 nitrogen and oxygen atoms in total. The van der Waals surface area contributed by atoms with E-state index in [1.807, 2.05) is 6.07 Å². The summed E-state index contributed by atoms with van der Waals surface area (Å²) in [5.41, 5.74) is 3.27. The lowest BCUT2D eigenvalue weighted by molar-refractivity contribution is 0.499. The summed E-state index contributed by atoms with van der Waals surface area (Å²) in [6.45, 7) is 2.26. The van der Waals surface area contributed by atoms with E-state index >= 15 is 0 Å². The Morgan fingerprint density at radius 1 is 1.40 bits per heavy atom. The van der Waals surface area contributed by atoms with Crippen molar-refractivity contribution < 1.29 is 4.39 Å². The van der Waals surface area contributed by atoms with Gasteiger partial charge < -0.3 is 4.98 Å². The van der Waals surface area contributed by atoms with Gasteiger partial charge in [0.1, 0.15) is 5.82 Å². The minimum atomic E-state index is -0.130. The van der Waals surface area contributed by atoms with E-state index < -0.39 is 0 Å². The molecule has 1 heterocycles. The first-order valence-corrected chi connectivity index (χ1v) is 5.53. The number of rotatable bonds is 0. The van der Waals surface area contributed by atoms with Crippen LogP contribution in [0.25, 0.3) is 10.9 Å². The number of benzene rings is 1. The Bertz CT molecular complexity index is 512. The van der Waals surface area contributed by atoms with E-state index in [4.69, 9.17) is 0 Å². The number of aromatic amines is 1. The van der Waals surface area contributed by atoms with Crippen LogP contribution in [-0.2, 0) is 12.8 Å². The zero-order chi connectivity index (χ0) is 10.4. The number of aromatic nitrogens is 1. The van der Waals surface area contributed by atoms with Crippen molar-refractivity contribution in [2.45, 2.75) is 26.2 Å². The Morgan fingerprint density at radius 3 is 3.13 bits per heavy atom. The van der Waals surface area contributed by atoms with Crippen molar-refractivity contribution in [3.63, 3.8) is 0 Å². The summed E-state index contributed by atoms with van der Waals surface area (Å²) in [6.07, 6.45) is 3.35. The highest BCUT2D eigenvalue weighted by atomic mass is 19.1. The van der Waals surface area contributed by atoms with Gasteiger partial charge in [0.2, 0.25) is 0 Å². The van der Waals surface area contributed by atoms with Gasteiger partial charge in [-0.3, -0.25) is 0 Å². The van der Waals surface area contributed by atoms with Crippen LogP contribution in [0.3, 0.4) is 0 Å². The third-order valence-electron chi connectivity index (χ3n) is 3.42. The van der Waals surface area contributed by atoms with Crippen LogP contribution >= 0.6 is 0 Å². The maximum absolute atomic E-state index is 13.5. The van der Waals surface area contributed by atoms with E-state index in [0.717, 1.165) is 24.1 Å². The number of nitrogens with one attached hydrogen (secondary N) is 1. The standard InChI is InChI=1S/C13H14FN/c1-8-5-6-12-10(7-8)9-3-2-4-11(14)13(9)15-12/h2-4,8,15H,5-7H2,1H3. The average Bonchev–Trinajstić information content (AvgIpc) is 2.58. The predicted octanol–water partition coefficient (Wildman–Crippen LogP) is 3.43. The second kappa shape index (κ2) is 3.09. The number of para-hydroxylation sites is 1. The van der Waals surface area contributed by atoms with Gasteiger partial charge in [-0.2, -0.15) is 0 Å². The van der Waals surface area contributed by atoms with Gasteiger partial charge in [0.25, 0.3) is 0 Å². The molecule has 2 heteroatoms. The van der Waals surface area contributed by atoms with Crippen LogP contribution in [0.2, 0.25) is 0 Å². The van der Waals surface area contributed by atoms with E-state index in [-0.39, 0.29) is 5.82 Å². The van der Waals surface area contributed by atoms with Gasteiger partial charge in [0.15, 0.2) is 0 Å². The molecule has 0 aliphatic heterocycles. The van der Waals surface area contributed by atoms with Crippen LogP contribution in [0.5, 0.6) is 0 Å². The highest BCUT2D eigenvalue weighted by Crippen LogP contribution is 2.32. The molecule has 1 aromatic carbocycles. The van der Waals surface area contributed by atoms with E-state index in [1.165, 1.54) is 23.7 Å². The monoisotopic (exact) mass is 203 g/mol. The topological polar surface area (TPSA) is 15.8 Å². The van der Waals surface area contributed by atoms with Crippen molar-refractivity contribution in [3.05, 3.63) is 35.3 Å². The van der Waals surface area contributed by atoms with Crippen molar-refractivity contribution in [3.8, 4) is 0 Å². The molecule has 78 valence electrons. The molecule has 1 atom stereocenters. The molecule has 15 heavy (non-hydrogen) atoms. The second-order valence-electron chi connectivity index (χ2n) is 4.59. The van der Waals surface area contributed by atoms with Crippen molar-refractivity contribution >= 4 is 10.9 Å². The fourth-order valence-corrected chi connectivity index (χ4v) is 2.58. The van der Waals surface area contributed by atoms with E-state index in [0.29, 0.717) is 5.52 Å². The molecule has 0 saturated carbocycles. The Morgan fingerprint density at radius 2 is 2.27 bits per heavy atom. The number of halogens is 1. The Balaban J connectivity index is 2.29. The van der Waals surface area contributed by atoms with Gasteiger partial charge in [-0.1, -0.05) is 19.1 Å². The number of hydrogen-bond donors (Lipinski definition) is 1. The largest absolute Gasteiger partial charge is 0.356 e. The van der Waals surface area contributed by atoms with E-state index in [9.17, 15) is 4.39 Å². The first-order chi connectivity index (χ1) is 7.25. The predicted molar refractivity (Wildman–Crippen MR) is 59.4 cm³/mol. The summed E-state index contributed by atoms with van der Waals surface area (Å²) < 4.78 is 13.5. The van der Waals surface area contributed by atoms with Crippen molar-refractivity contribution in [1.29, 1.82) is 0 Å². The maximum Gasteiger partial charge on any atom is 0.147 e. The van der Waals surface area contributed by atoms with Crippen LogP contribution < -0.4 is 0 Å². The van der Waals surface area contributed by atoms with Gasteiger partial charge >= 0.3 is 0 Å². The summed E-state index contributed by atoms with van der Waals surface area (Å²) in [7, 11) is 0. The molecule has 1 aliphatic rings. The third-order valence-corrected chi connectivity index (χ3v) is 3.42. The normalized spacial score (nSPS) is 20.5. The van der Waals surface area contributed by atoms with Gasteiger partial charge in [0, 0.05) is 11.1 Å². The van der Waals surface area contributed by atoms with Gasteiger partial charge in [0.05, 0.1) is 5.52 Å². The number of aryl methyl sites for hydroxylation is 1. The summed E-state index contributed by atoms with van der Waals surface area (Å²) in [4.78, 5) is 3.23. The molecule has 0 fully saturated rings. The lowest BCUT2D eigenvalue weighted by atomic mass is 9.88. The molecule has 0 spiro atoms. The third kappa shape index (κ3) is 1.28. The fourth-order valence-electron chi connectivity index (χ4n) is 2.58. The van der Waals surface area contributed by atoms with Crippen molar-refractivity contribution in [2.75, 3.05) is 0 Å². The van der Waals surface area contributed by atoms with Crippen LogP contribution in [0, 0.1) is 11.7 Å². The molecule has 2 aromatic rings. The summed E-state index contributed by atoms with van der Waals surface area (Å²) in [6, 6.07) is 5.34. The molecule has 0 radical (unpaired) electrons.